The van der Waals surface area contributed by atoms with Gasteiger partial charge in [-0.2, -0.15) is 0 Å². The van der Waals surface area contributed by atoms with Crippen LogP contribution in [0.1, 0.15) is 25.3 Å². The monoisotopic (exact) mass is 273 g/mol. The molecule has 3 heterocycles. The van der Waals surface area contributed by atoms with Gasteiger partial charge in [0.25, 0.3) is 0 Å². The summed E-state index contributed by atoms with van der Waals surface area (Å²) in [5, 5.41) is 1.06. The fourth-order valence-electron chi connectivity index (χ4n) is 2.80. The Bertz CT molecular complexity index is 655. The van der Waals surface area contributed by atoms with Gasteiger partial charge in [-0.3, -0.25) is 4.79 Å². The van der Waals surface area contributed by atoms with E-state index in [1.807, 2.05) is 20.0 Å². The van der Waals surface area contributed by atoms with Gasteiger partial charge in [0.2, 0.25) is 5.91 Å². The molecule has 0 bridgehead atoms. The minimum Gasteiger partial charge on any atom is -0.369 e. The summed E-state index contributed by atoms with van der Waals surface area (Å²) in [5.41, 5.74) is 7.10. The molecule has 1 aliphatic rings. The Hall–Kier alpha value is -2.11. The SMILES string of the molecule is Cc1c[nH]c2ncnc(N3CCC(C)(C(N)=O)CC3)c12. The Morgan fingerprint density at radius 2 is 2.10 bits per heavy atom. The van der Waals surface area contributed by atoms with E-state index in [0.29, 0.717) is 0 Å². The van der Waals surface area contributed by atoms with E-state index in [1.165, 1.54) is 0 Å². The summed E-state index contributed by atoms with van der Waals surface area (Å²) in [6, 6.07) is 0. The number of nitrogens with zero attached hydrogens (tertiary/aromatic N) is 3. The number of aromatic nitrogens is 3. The van der Waals surface area contributed by atoms with Crippen molar-refractivity contribution in [3.05, 3.63) is 18.1 Å². The number of fused-ring (bicyclic) bond motifs is 1. The van der Waals surface area contributed by atoms with Crippen molar-refractivity contribution < 1.29 is 4.79 Å². The molecule has 1 aliphatic heterocycles. The first-order valence-corrected chi connectivity index (χ1v) is 6.85. The van der Waals surface area contributed by atoms with Crippen molar-refractivity contribution in [1.82, 2.24) is 15.0 Å². The number of primary amides is 1. The first kappa shape index (κ1) is 12.9. The molecule has 0 radical (unpaired) electrons. The van der Waals surface area contributed by atoms with E-state index in [9.17, 15) is 4.79 Å². The van der Waals surface area contributed by atoms with Crippen LogP contribution >= 0.6 is 0 Å². The molecule has 3 N–H and O–H groups in total. The van der Waals surface area contributed by atoms with Gasteiger partial charge in [-0.05, 0) is 25.3 Å². The van der Waals surface area contributed by atoms with Crippen LogP contribution in [0, 0.1) is 12.3 Å². The number of nitrogens with one attached hydrogen (secondary N) is 1. The molecule has 3 rings (SSSR count). The number of nitrogens with two attached hydrogens (primary N) is 1. The second kappa shape index (κ2) is 4.47. The first-order valence-electron chi connectivity index (χ1n) is 6.85. The number of anilines is 1. The van der Waals surface area contributed by atoms with Gasteiger partial charge < -0.3 is 15.6 Å². The normalized spacial score (nSPS) is 18.4. The number of piperidine rings is 1. The van der Waals surface area contributed by atoms with Crippen LogP contribution in [-0.4, -0.2) is 33.9 Å². The number of hydrogen-bond donors (Lipinski definition) is 2. The summed E-state index contributed by atoms with van der Waals surface area (Å²) in [7, 11) is 0. The Morgan fingerprint density at radius 1 is 1.40 bits per heavy atom. The molecule has 0 aromatic carbocycles. The van der Waals surface area contributed by atoms with Gasteiger partial charge in [-0.25, -0.2) is 9.97 Å². The third-order valence-corrected chi connectivity index (χ3v) is 4.41. The lowest BCUT2D eigenvalue weighted by molar-refractivity contribution is -0.127. The molecule has 2 aromatic heterocycles. The lowest BCUT2D eigenvalue weighted by atomic mass is 9.80. The van der Waals surface area contributed by atoms with E-state index in [-0.39, 0.29) is 5.91 Å². The second-order valence-corrected chi connectivity index (χ2v) is 5.80. The quantitative estimate of drug-likeness (QED) is 0.864. The lowest BCUT2D eigenvalue weighted by Crippen LogP contribution is -2.45. The number of hydrogen-bond acceptors (Lipinski definition) is 4. The molecular formula is C14H19N5O. The van der Waals surface area contributed by atoms with Crippen molar-refractivity contribution >= 4 is 22.8 Å². The highest BCUT2D eigenvalue weighted by atomic mass is 16.1. The molecule has 0 spiro atoms. The van der Waals surface area contributed by atoms with Crippen molar-refractivity contribution in [3.63, 3.8) is 0 Å². The maximum atomic E-state index is 11.5. The minimum absolute atomic E-state index is 0.206. The van der Waals surface area contributed by atoms with Crippen LogP contribution in [0.5, 0.6) is 0 Å². The maximum absolute atomic E-state index is 11.5. The topological polar surface area (TPSA) is 87.9 Å². The third kappa shape index (κ3) is 1.92. The molecule has 0 atom stereocenters. The van der Waals surface area contributed by atoms with Crippen molar-refractivity contribution in [2.75, 3.05) is 18.0 Å². The lowest BCUT2D eigenvalue weighted by Gasteiger charge is -2.38. The zero-order valence-corrected chi connectivity index (χ0v) is 11.8. The number of aryl methyl sites for hydroxylation is 1. The first-order chi connectivity index (χ1) is 9.51. The second-order valence-electron chi connectivity index (χ2n) is 5.80. The van der Waals surface area contributed by atoms with E-state index >= 15 is 0 Å². The van der Waals surface area contributed by atoms with E-state index < -0.39 is 5.41 Å². The van der Waals surface area contributed by atoms with Crippen LogP contribution in [0.25, 0.3) is 11.0 Å². The van der Waals surface area contributed by atoms with Crippen LogP contribution in [0.2, 0.25) is 0 Å². The van der Waals surface area contributed by atoms with Crippen molar-refractivity contribution in [1.29, 1.82) is 0 Å². The summed E-state index contributed by atoms with van der Waals surface area (Å²) in [6.07, 6.45) is 5.05. The molecule has 106 valence electrons. The van der Waals surface area contributed by atoms with Gasteiger partial charge in [0.15, 0.2) is 0 Å². The molecule has 0 saturated carbocycles. The smallest absolute Gasteiger partial charge is 0.223 e. The molecule has 20 heavy (non-hydrogen) atoms. The van der Waals surface area contributed by atoms with Crippen LogP contribution in [0.15, 0.2) is 12.5 Å². The predicted molar refractivity (Wildman–Crippen MR) is 77.4 cm³/mol. The summed E-state index contributed by atoms with van der Waals surface area (Å²) in [5.74, 6) is 0.739. The van der Waals surface area contributed by atoms with E-state index in [2.05, 4.69) is 19.9 Å². The van der Waals surface area contributed by atoms with Gasteiger partial charge in [0.1, 0.15) is 17.8 Å². The van der Waals surface area contributed by atoms with Crippen LogP contribution in [-0.2, 0) is 4.79 Å². The molecule has 1 saturated heterocycles. The Labute approximate surface area is 117 Å². The zero-order valence-electron chi connectivity index (χ0n) is 11.8. The van der Waals surface area contributed by atoms with E-state index in [4.69, 9.17) is 5.73 Å². The van der Waals surface area contributed by atoms with Crippen molar-refractivity contribution in [2.24, 2.45) is 11.1 Å². The number of carbonyl (C=O) groups excluding carboxylic acids is 1. The average Bonchev–Trinajstić information content (AvgIpc) is 2.82. The fourth-order valence-corrected chi connectivity index (χ4v) is 2.80. The maximum Gasteiger partial charge on any atom is 0.223 e. The molecular weight excluding hydrogens is 254 g/mol. The molecule has 1 fully saturated rings. The third-order valence-electron chi connectivity index (χ3n) is 4.41. The fraction of sp³-hybridized carbons (Fsp3) is 0.500. The highest BCUT2D eigenvalue weighted by Gasteiger charge is 2.36. The van der Waals surface area contributed by atoms with Gasteiger partial charge in [0, 0.05) is 24.7 Å². The highest BCUT2D eigenvalue weighted by Crippen LogP contribution is 2.34. The summed E-state index contributed by atoms with van der Waals surface area (Å²) >= 11 is 0. The number of rotatable bonds is 2. The Balaban J connectivity index is 1.91. The number of amides is 1. The minimum atomic E-state index is -0.393. The summed E-state index contributed by atoms with van der Waals surface area (Å²) < 4.78 is 0. The average molecular weight is 273 g/mol. The summed E-state index contributed by atoms with van der Waals surface area (Å²) in [4.78, 5) is 25.6. The molecule has 1 amide bonds. The molecule has 0 aliphatic carbocycles. The van der Waals surface area contributed by atoms with E-state index in [1.54, 1.807) is 6.33 Å². The Kier molecular flexibility index (Phi) is 2.88. The van der Waals surface area contributed by atoms with Gasteiger partial charge >= 0.3 is 0 Å². The zero-order chi connectivity index (χ0) is 14.3. The largest absolute Gasteiger partial charge is 0.369 e. The highest BCUT2D eigenvalue weighted by molar-refractivity contribution is 5.90. The van der Waals surface area contributed by atoms with Gasteiger partial charge in [0.05, 0.1) is 5.39 Å². The molecule has 2 aromatic rings. The van der Waals surface area contributed by atoms with E-state index in [0.717, 1.165) is 48.3 Å². The number of aromatic amines is 1. The van der Waals surface area contributed by atoms with Crippen LogP contribution < -0.4 is 10.6 Å². The predicted octanol–water partition coefficient (Wildman–Crippen LogP) is 1.36. The molecule has 0 unspecified atom stereocenters. The van der Waals surface area contributed by atoms with Gasteiger partial charge in [-0.1, -0.05) is 6.92 Å². The number of H-pyrrole nitrogens is 1. The summed E-state index contributed by atoms with van der Waals surface area (Å²) in [6.45, 7) is 5.57. The Morgan fingerprint density at radius 3 is 2.75 bits per heavy atom. The molecule has 6 heteroatoms. The standard InChI is InChI=1S/C14H19N5O/c1-9-7-16-11-10(9)12(18-8-17-11)19-5-3-14(2,4-6-19)13(15)20/h7-8H,3-6H2,1-2H3,(H2,15,20)(H,16,17,18). The molecule has 6 nitrogen and oxygen atoms in total. The van der Waals surface area contributed by atoms with Crippen LogP contribution in [0.4, 0.5) is 5.82 Å². The van der Waals surface area contributed by atoms with Gasteiger partial charge in [-0.15, -0.1) is 0 Å². The van der Waals surface area contributed by atoms with Crippen LogP contribution in [0.3, 0.4) is 0 Å². The number of carbonyl (C=O) groups is 1. The van der Waals surface area contributed by atoms with Crippen molar-refractivity contribution in [3.8, 4) is 0 Å². The van der Waals surface area contributed by atoms with Crippen molar-refractivity contribution in [2.45, 2.75) is 26.7 Å².